The molecule has 0 saturated heterocycles. The van der Waals surface area contributed by atoms with E-state index in [4.69, 9.17) is 4.74 Å². The molecule has 1 aliphatic heterocycles. The van der Waals surface area contributed by atoms with Crippen molar-refractivity contribution in [2.75, 3.05) is 13.2 Å². The second-order valence-corrected chi connectivity index (χ2v) is 6.69. The number of hydrogen-bond donors (Lipinski definition) is 1. The van der Waals surface area contributed by atoms with Gasteiger partial charge in [-0.05, 0) is 25.8 Å². The first kappa shape index (κ1) is 16.9. The largest absolute Gasteiger partial charge is 0.491 e. The Balaban J connectivity index is 1.68. The summed E-state index contributed by atoms with van der Waals surface area (Å²) in [5, 5.41) is 2.50. The molecule has 1 N–H and O–H groups in total. The van der Waals surface area contributed by atoms with Gasteiger partial charge in [0, 0.05) is 12.1 Å². The molecular formula is C17H21F3N2O2. The molecule has 1 fully saturated rings. The number of nitrogens with zero attached hydrogens (tertiary/aromatic N) is 1. The van der Waals surface area contributed by atoms with Gasteiger partial charge in [0.15, 0.2) is 0 Å². The van der Waals surface area contributed by atoms with Crippen LogP contribution in [0.25, 0.3) is 0 Å². The zero-order valence-corrected chi connectivity index (χ0v) is 13.5. The lowest BCUT2D eigenvalue weighted by Gasteiger charge is -2.43. The van der Waals surface area contributed by atoms with Gasteiger partial charge < -0.3 is 15.0 Å². The van der Waals surface area contributed by atoms with Gasteiger partial charge in [0.1, 0.15) is 12.4 Å². The van der Waals surface area contributed by atoms with Crippen molar-refractivity contribution in [1.29, 1.82) is 0 Å². The van der Waals surface area contributed by atoms with Crippen LogP contribution in [0.3, 0.4) is 0 Å². The first-order valence-corrected chi connectivity index (χ1v) is 8.14. The van der Waals surface area contributed by atoms with Crippen LogP contribution in [-0.2, 0) is 6.54 Å². The number of carbonyl (C=O) groups is 1. The number of nitrogens with one attached hydrogen (secondary N) is 1. The van der Waals surface area contributed by atoms with E-state index in [2.05, 4.69) is 5.32 Å². The van der Waals surface area contributed by atoms with E-state index >= 15 is 0 Å². The summed E-state index contributed by atoms with van der Waals surface area (Å²) in [5.74, 6) is 0.713. The fourth-order valence-electron chi connectivity index (χ4n) is 3.20. The Morgan fingerprint density at radius 3 is 2.71 bits per heavy atom. The van der Waals surface area contributed by atoms with Crippen LogP contribution in [0.4, 0.5) is 18.0 Å². The van der Waals surface area contributed by atoms with Gasteiger partial charge in [-0.2, -0.15) is 13.2 Å². The molecule has 132 valence electrons. The van der Waals surface area contributed by atoms with Gasteiger partial charge in [-0.1, -0.05) is 24.6 Å². The van der Waals surface area contributed by atoms with Crippen LogP contribution in [0.1, 0.15) is 31.7 Å². The fraction of sp³-hybridized carbons (Fsp3) is 0.588. The molecule has 0 spiro atoms. The van der Waals surface area contributed by atoms with Crippen LogP contribution in [0.5, 0.6) is 5.75 Å². The van der Waals surface area contributed by atoms with Crippen molar-refractivity contribution in [3.05, 3.63) is 29.8 Å². The number of alkyl halides is 3. The van der Waals surface area contributed by atoms with E-state index in [1.807, 2.05) is 31.2 Å². The molecule has 3 rings (SSSR count). The van der Waals surface area contributed by atoms with Crippen molar-refractivity contribution in [3.8, 4) is 5.75 Å². The molecule has 7 heteroatoms. The number of halogens is 3. The number of hydrogen-bond acceptors (Lipinski definition) is 2. The maximum absolute atomic E-state index is 13.2. The third kappa shape index (κ3) is 3.03. The number of amides is 2. The number of benzene rings is 1. The van der Waals surface area contributed by atoms with Crippen LogP contribution in [-0.4, -0.2) is 36.3 Å². The normalized spacial score (nSPS) is 22.7. The highest BCUT2D eigenvalue weighted by atomic mass is 19.4. The van der Waals surface area contributed by atoms with Crippen molar-refractivity contribution >= 4 is 6.03 Å². The number of para-hydroxylation sites is 1. The predicted octanol–water partition coefficient (Wildman–Crippen LogP) is 3.71. The van der Waals surface area contributed by atoms with Crippen LogP contribution >= 0.6 is 0 Å². The SMILES string of the molecule is CC1COc2ccccc2CN1C(=O)NCC1(C(F)(F)F)CCC1. The standard InChI is InChI=1S/C17H21F3N2O2/c1-12-10-24-14-6-3-2-5-13(14)9-22(12)15(23)21-11-16(7-4-8-16)17(18,19)20/h2-3,5-6,12H,4,7-11H2,1H3,(H,21,23). The molecule has 4 nitrogen and oxygen atoms in total. The van der Waals surface area contributed by atoms with Gasteiger partial charge >= 0.3 is 12.2 Å². The Morgan fingerprint density at radius 1 is 1.38 bits per heavy atom. The molecule has 2 aliphatic rings. The number of carbonyl (C=O) groups excluding carboxylic acids is 1. The van der Waals surface area contributed by atoms with E-state index in [1.54, 1.807) is 0 Å². The maximum Gasteiger partial charge on any atom is 0.396 e. The summed E-state index contributed by atoms with van der Waals surface area (Å²) < 4.78 is 45.3. The lowest BCUT2D eigenvalue weighted by Crippen LogP contribution is -2.54. The molecule has 1 aromatic rings. The molecule has 24 heavy (non-hydrogen) atoms. The smallest absolute Gasteiger partial charge is 0.396 e. The minimum absolute atomic E-state index is 0.0816. The lowest BCUT2D eigenvalue weighted by atomic mass is 9.68. The Bertz CT molecular complexity index is 614. The van der Waals surface area contributed by atoms with Gasteiger partial charge in [0.25, 0.3) is 0 Å². The number of urea groups is 1. The minimum Gasteiger partial charge on any atom is -0.491 e. The second kappa shape index (κ2) is 6.18. The molecule has 0 radical (unpaired) electrons. The van der Waals surface area contributed by atoms with Gasteiger partial charge in [-0.3, -0.25) is 0 Å². The average molecular weight is 342 g/mol. The highest BCUT2D eigenvalue weighted by molar-refractivity contribution is 5.75. The molecule has 0 bridgehead atoms. The number of ether oxygens (including phenoxy) is 1. The summed E-state index contributed by atoms with van der Waals surface area (Å²) in [4.78, 5) is 14.0. The molecule has 2 amide bonds. The van der Waals surface area contributed by atoms with Gasteiger partial charge in [0.05, 0.1) is 18.0 Å². The monoisotopic (exact) mass is 342 g/mol. The van der Waals surface area contributed by atoms with Crippen molar-refractivity contribution in [2.24, 2.45) is 5.41 Å². The third-order valence-corrected chi connectivity index (χ3v) is 5.08. The van der Waals surface area contributed by atoms with Crippen LogP contribution in [0.15, 0.2) is 24.3 Å². The zero-order chi connectivity index (χ0) is 17.4. The summed E-state index contributed by atoms with van der Waals surface area (Å²) in [6.45, 7) is 2.10. The number of fused-ring (bicyclic) bond motifs is 1. The van der Waals surface area contributed by atoms with Gasteiger partial charge in [-0.15, -0.1) is 0 Å². The van der Waals surface area contributed by atoms with Crippen molar-refractivity contribution in [2.45, 2.75) is 44.9 Å². The number of rotatable bonds is 2. The van der Waals surface area contributed by atoms with E-state index < -0.39 is 17.6 Å². The summed E-state index contributed by atoms with van der Waals surface area (Å²) in [5.41, 5.74) is -0.905. The van der Waals surface area contributed by atoms with Crippen molar-refractivity contribution < 1.29 is 22.7 Å². The highest BCUT2D eigenvalue weighted by Crippen LogP contribution is 2.52. The van der Waals surface area contributed by atoms with Crippen molar-refractivity contribution in [3.63, 3.8) is 0 Å². The van der Waals surface area contributed by atoms with Crippen molar-refractivity contribution in [1.82, 2.24) is 10.2 Å². The Morgan fingerprint density at radius 2 is 2.08 bits per heavy atom. The Labute approximate surface area is 139 Å². The molecule has 1 aromatic carbocycles. The summed E-state index contributed by atoms with van der Waals surface area (Å²) in [7, 11) is 0. The quantitative estimate of drug-likeness (QED) is 0.890. The predicted molar refractivity (Wildman–Crippen MR) is 82.7 cm³/mol. The summed E-state index contributed by atoms with van der Waals surface area (Å²) in [6.07, 6.45) is -3.56. The molecule has 1 aliphatic carbocycles. The topological polar surface area (TPSA) is 41.6 Å². The Hall–Kier alpha value is -1.92. The molecule has 1 atom stereocenters. The van der Waals surface area contributed by atoms with E-state index in [0.717, 1.165) is 5.56 Å². The first-order valence-electron chi connectivity index (χ1n) is 8.14. The third-order valence-electron chi connectivity index (χ3n) is 5.08. The Kier molecular flexibility index (Phi) is 4.36. The average Bonchev–Trinajstić information content (AvgIpc) is 2.64. The lowest BCUT2D eigenvalue weighted by molar-refractivity contribution is -0.247. The second-order valence-electron chi connectivity index (χ2n) is 6.69. The molecular weight excluding hydrogens is 321 g/mol. The molecule has 1 unspecified atom stereocenters. The van der Waals surface area contributed by atoms with E-state index in [1.165, 1.54) is 4.90 Å². The van der Waals surface area contributed by atoms with E-state index in [-0.39, 0.29) is 25.4 Å². The first-order chi connectivity index (χ1) is 11.3. The molecule has 1 saturated carbocycles. The van der Waals surface area contributed by atoms with Crippen LogP contribution in [0, 0.1) is 5.41 Å². The zero-order valence-electron chi connectivity index (χ0n) is 13.5. The molecule has 0 aromatic heterocycles. The molecule has 1 heterocycles. The van der Waals surface area contributed by atoms with Gasteiger partial charge in [-0.25, -0.2) is 4.79 Å². The van der Waals surface area contributed by atoms with Gasteiger partial charge in [0.2, 0.25) is 0 Å². The fourth-order valence-corrected chi connectivity index (χ4v) is 3.20. The summed E-state index contributed by atoms with van der Waals surface area (Å²) in [6, 6.07) is 6.69. The van der Waals surface area contributed by atoms with E-state index in [9.17, 15) is 18.0 Å². The van der Waals surface area contributed by atoms with Crippen LogP contribution < -0.4 is 10.1 Å². The maximum atomic E-state index is 13.2. The summed E-state index contributed by atoms with van der Waals surface area (Å²) >= 11 is 0. The van der Waals surface area contributed by atoms with Crippen LogP contribution in [0.2, 0.25) is 0 Å². The minimum atomic E-state index is -4.28. The highest BCUT2D eigenvalue weighted by Gasteiger charge is 2.58. The van der Waals surface area contributed by atoms with E-state index in [0.29, 0.717) is 25.3 Å².